The second-order valence-corrected chi connectivity index (χ2v) is 5.33. The van der Waals surface area contributed by atoms with Crippen molar-refractivity contribution in [2.75, 3.05) is 26.2 Å². The summed E-state index contributed by atoms with van der Waals surface area (Å²) in [6.07, 6.45) is 4.27. The molecule has 2 aliphatic rings. The maximum absolute atomic E-state index is 3.45. The molecule has 92 valence electrons. The fraction of sp³-hybridized carbons (Fsp3) is 0.600. The van der Waals surface area contributed by atoms with Crippen molar-refractivity contribution in [1.82, 2.24) is 10.2 Å². The first-order valence-electron chi connectivity index (χ1n) is 6.95. The normalized spacial score (nSPS) is 24.2. The summed E-state index contributed by atoms with van der Waals surface area (Å²) in [7, 11) is 0. The average molecular weight is 230 g/mol. The molecule has 1 N–H and O–H groups in total. The molecule has 1 aromatic rings. The monoisotopic (exact) mass is 230 g/mol. The third kappa shape index (κ3) is 2.38. The van der Waals surface area contributed by atoms with E-state index < -0.39 is 0 Å². The van der Waals surface area contributed by atoms with E-state index in [-0.39, 0.29) is 0 Å². The second-order valence-electron chi connectivity index (χ2n) is 5.33. The summed E-state index contributed by atoms with van der Waals surface area (Å²) in [5.41, 5.74) is 1.53. The number of hydrogen-bond donors (Lipinski definition) is 1. The van der Waals surface area contributed by atoms with Crippen LogP contribution < -0.4 is 5.32 Å². The minimum Gasteiger partial charge on any atom is -0.314 e. The Balaban J connectivity index is 1.80. The lowest BCUT2D eigenvalue weighted by Gasteiger charge is -2.43. The standard InChI is InChI=1S/C15H22N2/c1-2-5-13(6-3-1)15(14-7-4-8-14)17-11-9-16-10-12-17/h1-3,5-6,14-16H,4,7-12H2. The van der Waals surface area contributed by atoms with E-state index in [1.54, 1.807) is 0 Å². The topological polar surface area (TPSA) is 15.3 Å². The lowest BCUT2D eigenvalue weighted by atomic mass is 9.76. The molecule has 0 spiro atoms. The molecule has 1 atom stereocenters. The number of hydrogen-bond acceptors (Lipinski definition) is 2. The number of rotatable bonds is 3. The molecule has 3 rings (SSSR count). The largest absolute Gasteiger partial charge is 0.314 e. The summed E-state index contributed by atoms with van der Waals surface area (Å²) in [4.78, 5) is 2.69. The van der Waals surface area contributed by atoms with Gasteiger partial charge in [-0.3, -0.25) is 4.90 Å². The smallest absolute Gasteiger partial charge is 0.0377 e. The Labute approximate surface area is 104 Å². The van der Waals surface area contributed by atoms with E-state index in [1.807, 2.05) is 0 Å². The lowest BCUT2D eigenvalue weighted by Crippen LogP contribution is -2.47. The van der Waals surface area contributed by atoms with Gasteiger partial charge in [-0.2, -0.15) is 0 Å². The molecule has 0 radical (unpaired) electrons. The highest BCUT2D eigenvalue weighted by atomic mass is 15.2. The van der Waals surface area contributed by atoms with Gasteiger partial charge < -0.3 is 5.32 Å². The Morgan fingerprint density at radius 1 is 1.06 bits per heavy atom. The van der Waals surface area contributed by atoms with Gasteiger partial charge in [0.15, 0.2) is 0 Å². The van der Waals surface area contributed by atoms with Gasteiger partial charge in [0.25, 0.3) is 0 Å². The molecule has 0 aromatic heterocycles. The Hall–Kier alpha value is -0.860. The third-order valence-electron chi connectivity index (χ3n) is 4.28. The molecule has 1 aromatic carbocycles. The highest BCUT2D eigenvalue weighted by molar-refractivity contribution is 5.20. The summed E-state index contributed by atoms with van der Waals surface area (Å²) in [6, 6.07) is 11.8. The van der Waals surface area contributed by atoms with Crippen LogP contribution in [-0.2, 0) is 0 Å². The number of benzene rings is 1. The highest BCUT2D eigenvalue weighted by Crippen LogP contribution is 2.41. The molecule has 0 bridgehead atoms. The first kappa shape index (κ1) is 11.2. The molecule has 2 nitrogen and oxygen atoms in total. The fourth-order valence-electron chi connectivity index (χ4n) is 3.15. The molecule has 1 heterocycles. The van der Waals surface area contributed by atoms with E-state index in [0.717, 1.165) is 19.0 Å². The predicted octanol–water partition coefficient (Wildman–Crippen LogP) is 2.43. The van der Waals surface area contributed by atoms with Crippen molar-refractivity contribution in [2.24, 2.45) is 5.92 Å². The van der Waals surface area contributed by atoms with Crippen molar-refractivity contribution < 1.29 is 0 Å². The summed E-state index contributed by atoms with van der Waals surface area (Å²) < 4.78 is 0. The molecular formula is C15H22N2. The van der Waals surface area contributed by atoms with E-state index in [1.165, 1.54) is 37.9 Å². The van der Waals surface area contributed by atoms with Gasteiger partial charge in [0, 0.05) is 32.2 Å². The van der Waals surface area contributed by atoms with Crippen LogP contribution in [0.1, 0.15) is 30.9 Å². The van der Waals surface area contributed by atoms with Gasteiger partial charge in [-0.15, -0.1) is 0 Å². The second kappa shape index (κ2) is 5.19. The zero-order valence-corrected chi connectivity index (χ0v) is 10.4. The van der Waals surface area contributed by atoms with E-state index in [4.69, 9.17) is 0 Å². The molecule has 0 amide bonds. The first-order chi connectivity index (χ1) is 8.45. The van der Waals surface area contributed by atoms with Crippen LogP contribution in [0.4, 0.5) is 0 Å². The quantitative estimate of drug-likeness (QED) is 0.858. The molecule has 17 heavy (non-hydrogen) atoms. The summed E-state index contributed by atoms with van der Waals surface area (Å²) >= 11 is 0. The zero-order chi connectivity index (χ0) is 11.5. The Kier molecular flexibility index (Phi) is 3.44. The van der Waals surface area contributed by atoms with Crippen LogP contribution in [0, 0.1) is 5.92 Å². The van der Waals surface area contributed by atoms with Crippen molar-refractivity contribution >= 4 is 0 Å². The van der Waals surface area contributed by atoms with E-state index >= 15 is 0 Å². The fourth-order valence-corrected chi connectivity index (χ4v) is 3.15. The van der Waals surface area contributed by atoms with Crippen LogP contribution in [0.5, 0.6) is 0 Å². The van der Waals surface area contributed by atoms with Gasteiger partial charge in [0.2, 0.25) is 0 Å². The Morgan fingerprint density at radius 2 is 1.76 bits per heavy atom. The van der Waals surface area contributed by atoms with Crippen molar-refractivity contribution in [3.8, 4) is 0 Å². The summed E-state index contributed by atoms with van der Waals surface area (Å²) in [5, 5.41) is 3.45. The van der Waals surface area contributed by atoms with Crippen LogP contribution in [0.3, 0.4) is 0 Å². The van der Waals surface area contributed by atoms with Crippen molar-refractivity contribution in [3.63, 3.8) is 0 Å². The van der Waals surface area contributed by atoms with Gasteiger partial charge >= 0.3 is 0 Å². The van der Waals surface area contributed by atoms with Gasteiger partial charge in [-0.05, 0) is 24.3 Å². The van der Waals surface area contributed by atoms with E-state index in [2.05, 4.69) is 40.5 Å². The molecule has 1 saturated heterocycles. The third-order valence-corrected chi connectivity index (χ3v) is 4.28. The van der Waals surface area contributed by atoms with Gasteiger partial charge in [-0.25, -0.2) is 0 Å². The van der Waals surface area contributed by atoms with Crippen LogP contribution in [0.25, 0.3) is 0 Å². The molecule has 1 unspecified atom stereocenters. The molecule has 1 aliphatic carbocycles. The van der Waals surface area contributed by atoms with E-state index in [0.29, 0.717) is 6.04 Å². The van der Waals surface area contributed by atoms with Crippen LogP contribution in [0.15, 0.2) is 30.3 Å². The molecule has 1 saturated carbocycles. The molecular weight excluding hydrogens is 208 g/mol. The Morgan fingerprint density at radius 3 is 2.35 bits per heavy atom. The predicted molar refractivity (Wildman–Crippen MR) is 71.0 cm³/mol. The van der Waals surface area contributed by atoms with Crippen LogP contribution in [-0.4, -0.2) is 31.1 Å². The Bertz CT molecular complexity index is 339. The van der Waals surface area contributed by atoms with Gasteiger partial charge in [0.1, 0.15) is 0 Å². The van der Waals surface area contributed by atoms with Crippen molar-refractivity contribution in [1.29, 1.82) is 0 Å². The average Bonchev–Trinajstić information content (AvgIpc) is 2.36. The minimum absolute atomic E-state index is 0.673. The number of nitrogens with zero attached hydrogens (tertiary/aromatic N) is 1. The van der Waals surface area contributed by atoms with Gasteiger partial charge in [-0.1, -0.05) is 36.8 Å². The maximum Gasteiger partial charge on any atom is 0.0377 e. The molecule has 2 fully saturated rings. The summed E-state index contributed by atoms with van der Waals surface area (Å²) in [6.45, 7) is 4.71. The SMILES string of the molecule is c1ccc(C(C2CCC2)N2CCNCC2)cc1. The highest BCUT2D eigenvalue weighted by Gasteiger charge is 2.33. The molecule has 2 heteroatoms. The lowest BCUT2D eigenvalue weighted by molar-refractivity contribution is 0.0837. The number of nitrogens with one attached hydrogen (secondary N) is 1. The number of piperazine rings is 1. The first-order valence-corrected chi connectivity index (χ1v) is 6.95. The van der Waals surface area contributed by atoms with Crippen molar-refractivity contribution in [2.45, 2.75) is 25.3 Å². The maximum atomic E-state index is 3.45. The zero-order valence-electron chi connectivity index (χ0n) is 10.4. The van der Waals surface area contributed by atoms with Crippen LogP contribution >= 0.6 is 0 Å². The van der Waals surface area contributed by atoms with Crippen LogP contribution in [0.2, 0.25) is 0 Å². The van der Waals surface area contributed by atoms with E-state index in [9.17, 15) is 0 Å². The molecule has 1 aliphatic heterocycles. The minimum atomic E-state index is 0.673. The van der Waals surface area contributed by atoms with Gasteiger partial charge in [0.05, 0.1) is 0 Å². The van der Waals surface area contributed by atoms with Crippen molar-refractivity contribution in [3.05, 3.63) is 35.9 Å². The summed E-state index contributed by atoms with van der Waals surface area (Å²) in [5.74, 6) is 0.899.